The normalized spacial score (nSPS) is 13.5. The molecule has 0 aromatic heterocycles. The summed E-state index contributed by atoms with van der Waals surface area (Å²) in [6.45, 7) is 0.0347. The number of hydrogen-bond acceptors (Lipinski definition) is 4. The summed E-state index contributed by atoms with van der Waals surface area (Å²) in [5, 5.41) is 9.68. The number of likely N-dealkylation sites (N-methyl/N-ethyl adjacent to an activating group) is 1. The highest BCUT2D eigenvalue weighted by atomic mass is 19.4. The molecule has 0 radical (unpaired) electrons. The van der Waals surface area contributed by atoms with Gasteiger partial charge in [-0.05, 0) is 39.9 Å². The highest BCUT2D eigenvalue weighted by molar-refractivity contribution is 5.81. The number of ether oxygens (including phenoxy) is 2. The molecule has 0 spiro atoms. The lowest BCUT2D eigenvalue weighted by Crippen LogP contribution is -2.44. The van der Waals surface area contributed by atoms with Crippen molar-refractivity contribution in [2.45, 2.75) is 24.7 Å². The molecule has 9 heteroatoms. The van der Waals surface area contributed by atoms with Crippen molar-refractivity contribution >= 4 is 12.1 Å². The van der Waals surface area contributed by atoms with Gasteiger partial charge < -0.3 is 14.6 Å². The molecule has 1 aliphatic rings. The highest BCUT2D eigenvalue weighted by Crippen LogP contribution is 2.44. The summed E-state index contributed by atoms with van der Waals surface area (Å²) in [7, 11) is 1.32. The molecule has 0 bridgehead atoms. The molecule has 0 fully saturated rings. The SMILES string of the molecule is CN(C(=O)OCC1c2ccccc2-c2ccccc21)[C@H](Cc1ccc(OC(F)(F)F)cc1)C(=O)O. The van der Waals surface area contributed by atoms with Gasteiger partial charge in [-0.1, -0.05) is 60.7 Å². The number of halogens is 3. The molecule has 1 N–H and O–H groups in total. The molecule has 182 valence electrons. The number of hydrogen-bond donors (Lipinski definition) is 1. The van der Waals surface area contributed by atoms with E-state index >= 15 is 0 Å². The van der Waals surface area contributed by atoms with Crippen molar-refractivity contribution in [1.82, 2.24) is 4.90 Å². The van der Waals surface area contributed by atoms with Gasteiger partial charge in [-0.3, -0.25) is 4.90 Å². The fourth-order valence-electron chi connectivity index (χ4n) is 4.26. The highest BCUT2D eigenvalue weighted by Gasteiger charge is 2.33. The summed E-state index contributed by atoms with van der Waals surface area (Å²) in [5.74, 6) is -1.86. The third-order valence-electron chi connectivity index (χ3n) is 5.96. The van der Waals surface area contributed by atoms with Crippen molar-refractivity contribution in [3.05, 3.63) is 89.5 Å². The average Bonchev–Trinajstić information content (AvgIpc) is 3.14. The summed E-state index contributed by atoms with van der Waals surface area (Å²) in [6, 6.07) is 19.2. The zero-order valence-corrected chi connectivity index (χ0v) is 18.7. The topological polar surface area (TPSA) is 76.1 Å². The van der Waals surface area contributed by atoms with E-state index in [1.165, 1.54) is 19.2 Å². The molecular weight excluding hydrogens is 463 g/mol. The third kappa shape index (κ3) is 5.40. The second kappa shape index (κ2) is 9.69. The zero-order valence-electron chi connectivity index (χ0n) is 18.7. The minimum Gasteiger partial charge on any atom is -0.480 e. The van der Waals surface area contributed by atoms with Crippen LogP contribution in [0.3, 0.4) is 0 Å². The number of nitrogens with zero attached hydrogens (tertiary/aromatic N) is 1. The number of alkyl halides is 3. The van der Waals surface area contributed by atoms with E-state index in [2.05, 4.69) is 4.74 Å². The average molecular weight is 485 g/mol. The van der Waals surface area contributed by atoms with Crippen molar-refractivity contribution in [2.24, 2.45) is 0 Å². The molecule has 3 aromatic carbocycles. The predicted molar refractivity (Wildman–Crippen MR) is 121 cm³/mol. The summed E-state index contributed by atoms with van der Waals surface area (Å²) in [5.41, 5.74) is 4.61. The quantitative estimate of drug-likeness (QED) is 0.481. The number of carboxylic acid groups (broad SMARTS) is 1. The van der Waals surface area contributed by atoms with Crippen molar-refractivity contribution in [1.29, 1.82) is 0 Å². The van der Waals surface area contributed by atoms with Crippen LogP contribution < -0.4 is 4.74 Å². The largest absolute Gasteiger partial charge is 0.573 e. The Labute approximate surface area is 199 Å². The molecule has 0 heterocycles. The van der Waals surface area contributed by atoms with Gasteiger partial charge in [0.2, 0.25) is 0 Å². The maximum Gasteiger partial charge on any atom is 0.573 e. The van der Waals surface area contributed by atoms with E-state index in [-0.39, 0.29) is 18.9 Å². The summed E-state index contributed by atoms with van der Waals surface area (Å²) >= 11 is 0. The summed E-state index contributed by atoms with van der Waals surface area (Å²) in [4.78, 5) is 25.6. The monoisotopic (exact) mass is 485 g/mol. The maximum atomic E-state index is 12.8. The van der Waals surface area contributed by atoms with E-state index in [1.54, 1.807) is 0 Å². The van der Waals surface area contributed by atoms with Crippen molar-refractivity contribution in [2.75, 3.05) is 13.7 Å². The van der Waals surface area contributed by atoms with Gasteiger partial charge in [-0.25, -0.2) is 9.59 Å². The Morgan fingerprint density at radius 2 is 1.49 bits per heavy atom. The summed E-state index contributed by atoms with van der Waals surface area (Å²) in [6.07, 6.45) is -5.76. The smallest absolute Gasteiger partial charge is 0.480 e. The molecule has 1 aliphatic carbocycles. The Hall–Kier alpha value is -4.01. The first-order valence-electron chi connectivity index (χ1n) is 10.8. The molecule has 0 saturated heterocycles. The van der Waals surface area contributed by atoms with E-state index in [4.69, 9.17) is 4.74 Å². The molecule has 0 saturated carbocycles. The van der Waals surface area contributed by atoms with Gasteiger partial charge in [0.1, 0.15) is 18.4 Å². The molecule has 4 rings (SSSR count). The van der Waals surface area contributed by atoms with Crippen molar-refractivity contribution in [3.63, 3.8) is 0 Å². The number of fused-ring (bicyclic) bond motifs is 3. The second-order valence-electron chi connectivity index (χ2n) is 8.16. The Bertz CT molecular complexity index is 1180. The zero-order chi connectivity index (χ0) is 25.2. The first-order chi connectivity index (χ1) is 16.6. The first kappa shape index (κ1) is 24.1. The maximum absolute atomic E-state index is 12.8. The van der Waals surface area contributed by atoms with Gasteiger partial charge >= 0.3 is 18.4 Å². The van der Waals surface area contributed by atoms with Crippen LogP contribution in [0.25, 0.3) is 11.1 Å². The Balaban J connectivity index is 1.43. The molecule has 1 amide bonds. The molecule has 35 heavy (non-hydrogen) atoms. The molecule has 0 unspecified atom stereocenters. The molecule has 1 atom stereocenters. The van der Waals surface area contributed by atoms with E-state index < -0.39 is 30.2 Å². The number of carboxylic acids is 1. The minimum atomic E-state index is -4.82. The van der Waals surface area contributed by atoms with E-state index in [1.807, 2.05) is 48.5 Å². The van der Waals surface area contributed by atoms with E-state index in [0.717, 1.165) is 39.3 Å². The van der Waals surface area contributed by atoms with Crippen LogP contribution in [-0.4, -0.2) is 48.1 Å². The third-order valence-corrected chi connectivity index (χ3v) is 5.96. The second-order valence-corrected chi connectivity index (χ2v) is 8.16. The molecule has 6 nitrogen and oxygen atoms in total. The van der Waals surface area contributed by atoms with Gasteiger partial charge in [0.15, 0.2) is 0 Å². The van der Waals surface area contributed by atoms with Gasteiger partial charge in [-0.2, -0.15) is 0 Å². The van der Waals surface area contributed by atoms with Crippen LogP contribution in [0.15, 0.2) is 72.8 Å². The standard InChI is InChI=1S/C26H22F3NO5/c1-30(23(24(31)32)14-16-10-12-17(13-11-16)35-26(27,28)29)25(33)34-15-22-20-8-4-2-6-18(20)19-7-3-5-9-21(19)22/h2-13,22-23H,14-15H2,1H3,(H,31,32)/t23-/m1/s1. The Kier molecular flexibility index (Phi) is 6.68. The van der Waals surface area contributed by atoms with Crippen LogP contribution in [0.5, 0.6) is 5.75 Å². The molecule has 3 aromatic rings. The lowest BCUT2D eigenvalue weighted by molar-refractivity contribution is -0.274. The van der Waals surface area contributed by atoms with Crippen LogP contribution in [0.2, 0.25) is 0 Å². The van der Waals surface area contributed by atoms with Crippen LogP contribution in [0, 0.1) is 0 Å². The summed E-state index contributed by atoms with van der Waals surface area (Å²) < 4.78 is 46.4. The van der Waals surface area contributed by atoms with Crippen LogP contribution >= 0.6 is 0 Å². The number of benzene rings is 3. The van der Waals surface area contributed by atoms with Gasteiger partial charge in [0.05, 0.1) is 0 Å². The minimum absolute atomic E-state index is 0.0347. The fourth-order valence-corrected chi connectivity index (χ4v) is 4.26. The number of carbonyl (C=O) groups excluding carboxylic acids is 1. The Morgan fingerprint density at radius 3 is 2.00 bits per heavy atom. The Morgan fingerprint density at radius 1 is 0.943 bits per heavy atom. The molecule has 0 aliphatic heterocycles. The first-order valence-corrected chi connectivity index (χ1v) is 10.8. The van der Waals surface area contributed by atoms with Crippen LogP contribution in [0.1, 0.15) is 22.6 Å². The van der Waals surface area contributed by atoms with Crippen molar-refractivity contribution < 1.29 is 37.3 Å². The van der Waals surface area contributed by atoms with Crippen LogP contribution in [-0.2, 0) is 16.0 Å². The number of aliphatic carboxylic acids is 1. The van der Waals surface area contributed by atoms with Gasteiger partial charge in [0, 0.05) is 19.4 Å². The van der Waals surface area contributed by atoms with Crippen LogP contribution in [0.4, 0.5) is 18.0 Å². The lowest BCUT2D eigenvalue weighted by atomic mass is 9.98. The number of amides is 1. The fraction of sp³-hybridized carbons (Fsp3) is 0.231. The van der Waals surface area contributed by atoms with E-state index in [9.17, 15) is 27.9 Å². The predicted octanol–water partition coefficient (Wildman–Crippen LogP) is 5.46. The lowest BCUT2D eigenvalue weighted by Gasteiger charge is -2.25. The van der Waals surface area contributed by atoms with Gasteiger partial charge in [0.25, 0.3) is 0 Å². The van der Waals surface area contributed by atoms with E-state index in [0.29, 0.717) is 5.56 Å². The molecular formula is C26H22F3NO5. The van der Waals surface area contributed by atoms with Gasteiger partial charge in [-0.15, -0.1) is 13.2 Å². The number of rotatable bonds is 7. The van der Waals surface area contributed by atoms with Crippen molar-refractivity contribution in [3.8, 4) is 16.9 Å². The number of carbonyl (C=O) groups is 2.